The van der Waals surface area contributed by atoms with Gasteiger partial charge in [-0.1, -0.05) is 0 Å². The molecular weight excluding hydrogens is 307 g/mol. The molecule has 1 unspecified atom stereocenters. The van der Waals surface area contributed by atoms with Crippen molar-refractivity contribution in [1.82, 2.24) is 5.32 Å². The Morgan fingerprint density at radius 3 is 2.67 bits per heavy atom. The molecule has 7 heteroatoms. The lowest BCUT2D eigenvalue weighted by molar-refractivity contribution is -0.142. The SMILES string of the molecule is COC(=O)C(C)NC(=O)c1cc(N)c(F)cc1Br. The maximum Gasteiger partial charge on any atom is 0.328 e. The number of esters is 1. The minimum absolute atomic E-state index is 0.143. The molecule has 1 aromatic carbocycles. The molecule has 0 bridgehead atoms. The molecule has 98 valence electrons. The van der Waals surface area contributed by atoms with E-state index in [0.717, 1.165) is 6.07 Å². The van der Waals surface area contributed by atoms with E-state index in [1.807, 2.05) is 0 Å². The fraction of sp³-hybridized carbons (Fsp3) is 0.273. The van der Waals surface area contributed by atoms with Crippen LogP contribution in [0.2, 0.25) is 0 Å². The van der Waals surface area contributed by atoms with E-state index in [-0.39, 0.29) is 15.7 Å². The van der Waals surface area contributed by atoms with Crippen molar-refractivity contribution in [2.24, 2.45) is 0 Å². The fourth-order valence-corrected chi connectivity index (χ4v) is 1.75. The van der Waals surface area contributed by atoms with Crippen LogP contribution in [0, 0.1) is 5.82 Å². The van der Waals surface area contributed by atoms with E-state index >= 15 is 0 Å². The molecule has 0 fully saturated rings. The molecule has 0 aliphatic heterocycles. The van der Waals surface area contributed by atoms with Gasteiger partial charge in [0.05, 0.1) is 18.4 Å². The smallest absolute Gasteiger partial charge is 0.328 e. The largest absolute Gasteiger partial charge is 0.467 e. The molecule has 0 saturated heterocycles. The van der Waals surface area contributed by atoms with Crippen LogP contribution in [0.1, 0.15) is 17.3 Å². The molecule has 0 saturated carbocycles. The minimum Gasteiger partial charge on any atom is -0.467 e. The van der Waals surface area contributed by atoms with E-state index in [0.29, 0.717) is 0 Å². The van der Waals surface area contributed by atoms with Gasteiger partial charge >= 0.3 is 5.97 Å². The average molecular weight is 319 g/mol. The first-order valence-electron chi connectivity index (χ1n) is 5.00. The lowest BCUT2D eigenvalue weighted by Crippen LogP contribution is -2.39. The van der Waals surface area contributed by atoms with Gasteiger partial charge in [-0.3, -0.25) is 4.79 Å². The molecular formula is C11H12BrFN2O3. The summed E-state index contributed by atoms with van der Waals surface area (Å²) in [4.78, 5) is 23.0. The number of benzene rings is 1. The van der Waals surface area contributed by atoms with Gasteiger partial charge in [-0.2, -0.15) is 0 Å². The molecule has 1 atom stereocenters. The van der Waals surface area contributed by atoms with Gasteiger partial charge < -0.3 is 15.8 Å². The topological polar surface area (TPSA) is 81.4 Å². The summed E-state index contributed by atoms with van der Waals surface area (Å²) in [5, 5.41) is 2.41. The molecule has 3 N–H and O–H groups in total. The van der Waals surface area contributed by atoms with E-state index < -0.39 is 23.7 Å². The van der Waals surface area contributed by atoms with Gasteiger partial charge in [0.1, 0.15) is 11.9 Å². The molecule has 1 amide bonds. The minimum atomic E-state index is -0.805. The van der Waals surface area contributed by atoms with Crippen molar-refractivity contribution in [2.45, 2.75) is 13.0 Å². The number of ether oxygens (including phenoxy) is 1. The van der Waals surface area contributed by atoms with E-state index in [9.17, 15) is 14.0 Å². The second-order valence-corrected chi connectivity index (χ2v) is 4.43. The van der Waals surface area contributed by atoms with Crippen molar-refractivity contribution in [3.63, 3.8) is 0 Å². The highest BCUT2D eigenvalue weighted by Crippen LogP contribution is 2.22. The number of nitrogens with two attached hydrogens (primary N) is 1. The summed E-state index contributed by atoms with van der Waals surface area (Å²) in [5.41, 5.74) is 5.38. The highest BCUT2D eigenvalue weighted by molar-refractivity contribution is 9.10. The molecule has 0 heterocycles. The summed E-state index contributed by atoms with van der Waals surface area (Å²) >= 11 is 3.05. The van der Waals surface area contributed by atoms with E-state index in [1.54, 1.807) is 0 Å². The highest BCUT2D eigenvalue weighted by Gasteiger charge is 2.19. The number of hydrogen-bond acceptors (Lipinski definition) is 4. The maximum atomic E-state index is 13.1. The summed E-state index contributed by atoms with van der Waals surface area (Å²) < 4.78 is 17.8. The number of hydrogen-bond donors (Lipinski definition) is 2. The monoisotopic (exact) mass is 318 g/mol. The summed E-state index contributed by atoms with van der Waals surface area (Å²) in [6.45, 7) is 1.48. The summed E-state index contributed by atoms with van der Waals surface area (Å²) in [6, 6.07) is 1.48. The summed E-state index contributed by atoms with van der Waals surface area (Å²) in [7, 11) is 1.22. The van der Waals surface area contributed by atoms with Gasteiger partial charge in [0, 0.05) is 4.47 Å². The van der Waals surface area contributed by atoms with Gasteiger partial charge in [-0.05, 0) is 35.0 Å². The third-order valence-electron chi connectivity index (χ3n) is 2.23. The van der Waals surface area contributed by atoms with Crippen molar-refractivity contribution < 1.29 is 18.7 Å². The van der Waals surface area contributed by atoms with E-state index in [1.165, 1.54) is 20.1 Å². The Hall–Kier alpha value is -1.63. The summed E-state index contributed by atoms with van der Waals surface area (Å²) in [5.74, 6) is -1.75. The van der Waals surface area contributed by atoms with Crippen molar-refractivity contribution >= 4 is 33.5 Å². The first-order chi connectivity index (χ1) is 8.36. The van der Waals surface area contributed by atoms with Crippen LogP contribution < -0.4 is 11.1 Å². The zero-order valence-electron chi connectivity index (χ0n) is 9.79. The number of anilines is 1. The lowest BCUT2D eigenvalue weighted by Gasteiger charge is -2.12. The first kappa shape index (κ1) is 14.4. The highest BCUT2D eigenvalue weighted by atomic mass is 79.9. The second-order valence-electron chi connectivity index (χ2n) is 3.57. The number of carbonyl (C=O) groups is 2. The quantitative estimate of drug-likeness (QED) is 0.653. The maximum absolute atomic E-state index is 13.1. The molecule has 0 aromatic heterocycles. The molecule has 18 heavy (non-hydrogen) atoms. The van der Waals surface area contributed by atoms with Crippen LogP contribution in [0.25, 0.3) is 0 Å². The number of nitrogens with one attached hydrogen (secondary N) is 1. The molecule has 0 aliphatic rings. The zero-order valence-corrected chi connectivity index (χ0v) is 11.4. The van der Waals surface area contributed by atoms with E-state index in [2.05, 4.69) is 26.0 Å². The average Bonchev–Trinajstić information content (AvgIpc) is 2.32. The Balaban J connectivity index is 2.91. The second kappa shape index (κ2) is 5.81. The van der Waals surface area contributed by atoms with Gasteiger partial charge in [0.2, 0.25) is 0 Å². The molecule has 0 aliphatic carbocycles. The van der Waals surface area contributed by atoms with Crippen molar-refractivity contribution in [1.29, 1.82) is 0 Å². The van der Waals surface area contributed by atoms with Crippen molar-refractivity contribution in [3.05, 3.63) is 28.0 Å². The predicted molar refractivity (Wildman–Crippen MR) is 67.5 cm³/mol. The van der Waals surface area contributed by atoms with Gasteiger partial charge in [0.15, 0.2) is 0 Å². The Morgan fingerprint density at radius 1 is 1.50 bits per heavy atom. The summed E-state index contributed by atoms with van der Waals surface area (Å²) in [6.07, 6.45) is 0. The third kappa shape index (κ3) is 3.19. The molecule has 0 spiro atoms. The van der Waals surface area contributed by atoms with Crippen LogP contribution >= 0.6 is 15.9 Å². The third-order valence-corrected chi connectivity index (χ3v) is 2.89. The van der Waals surface area contributed by atoms with Crippen LogP contribution in [-0.2, 0) is 9.53 Å². The van der Waals surface area contributed by atoms with Crippen LogP contribution in [0.15, 0.2) is 16.6 Å². The number of amides is 1. The normalized spacial score (nSPS) is 11.8. The Morgan fingerprint density at radius 2 is 2.11 bits per heavy atom. The number of nitrogen functional groups attached to an aromatic ring is 1. The van der Waals surface area contributed by atoms with Crippen molar-refractivity contribution in [2.75, 3.05) is 12.8 Å². The van der Waals surface area contributed by atoms with Crippen LogP contribution in [-0.4, -0.2) is 25.0 Å². The zero-order chi connectivity index (χ0) is 13.9. The fourth-order valence-electron chi connectivity index (χ4n) is 1.25. The Bertz CT molecular complexity index is 493. The standard InChI is InChI=1S/C11H12BrFN2O3/c1-5(11(17)18-2)15-10(16)6-3-9(14)8(13)4-7(6)12/h3-5H,14H2,1-2H3,(H,15,16). The molecule has 1 aromatic rings. The lowest BCUT2D eigenvalue weighted by atomic mass is 10.1. The Kier molecular flexibility index (Phi) is 4.66. The van der Waals surface area contributed by atoms with Crippen LogP contribution in [0.3, 0.4) is 0 Å². The number of methoxy groups -OCH3 is 1. The van der Waals surface area contributed by atoms with Crippen LogP contribution in [0.4, 0.5) is 10.1 Å². The predicted octanol–water partition coefficient (Wildman–Crippen LogP) is 1.46. The number of halogens is 2. The molecule has 1 rings (SSSR count). The number of rotatable bonds is 3. The van der Waals surface area contributed by atoms with Gasteiger partial charge in [0.25, 0.3) is 5.91 Å². The molecule has 5 nitrogen and oxygen atoms in total. The number of carbonyl (C=O) groups excluding carboxylic acids is 2. The molecule has 0 radical (unpaired) electrons. The van der Waals surface area contributed by atoms with Crippen LogP contribution in [0.5, 0.6) is 0 Å². The van der Waals surface area contributed by atoms with E-state index in [4.69, 9.17) is 5.73 Å². The van der Waals surface area contributed by atoms with Crippen molar-refractivity contribution in [3.8, 4) is 0 Å². The first-order valence-corrected chi connectivity index (χ1v) is 5.79. The van der Waals surface area contributed by atoms with Gasteiger partial charge in [-0.25, -0.2) is 9.18 Å². The Labute approximate surface area is 112 Å². The van der Waals surface area contributed by atoms with Gasteiger partial charge in [-0.15, -0.1) is 0 Å².